The Kier molecular flexibility index (Phi) is 7.25. The average molecular weight is 419 g/mol. The number of anilines is 1. The topological polar surface area (TPSA) is 42.0 Å². The Morgan fingerprint density at radius 2 is 1.66 bits per heavy atom. The van der Waals surface area contributed by atoms with Crippen LogP contribution in [0.15, 0.2) is 36.4 Å². The van der Waals surface area contributed by atoms with Crippen LogP contribution in [-0.4, -0.2) is 57.0 Å². The van der Waals surface area contributed by atoms with E-state index in [4.69, 9.17) is 9.47 Å². The molecule has 156 valence electrons. The number of hydrogen-bond donors (Lipinski definition) is 0. The van der Waals surface area contributed by atoms with E-state index in [0.29, 0.717) is 30.3 Å². The molecule has 29 heavy (non-hydrogen) atoms. The average Bonchev–Trinajstić information content (AvgIpc) is 2.75. The summed E-state index contributed by atoms with van der Waals surface area (Å²) < 4.78 is 23.8. The summed E-state index contributed by atoms with van der Waals surface area (Å²) in [6.07, 6.45) is 0. The third kappa shape index (κ3) is 5.35. The number of halogens is 1. The molecular weight excluding hydrogens is 391 g/mol. The quantitative estimate of drug-likeness (QED) is 0.685. The van der Waals surface area contributed by atoms with Crippen LogP contribution in [0.2, 0.25) is 0 Å². The molecule has 1 aliphatic rings. The van der Waals surface area contributed by atoms with Crippen LogP contribution < -0.4 is 14.4 Å². The van der Waals surface area contributed by atoms with Crippen LogP contribution >= 0.6 is 11.8 Å². The van der Waals surface area contributed by atoms with Gasteiger partial charge in [-0.3, -0.25) is 4.79 Å². The molecule has 1 aliphatic heterocycles. The predicted octanol–water partition coefficient (Wildman–Crippen LogP) is 3.73. The van der Waals surface area contributed by atoms with Crippen molar-refractivity contribution in [2.24, 2.45) is 0 Å². The largest absolute Gasteiger partial charge is 0.493 e. The van der Waals surface area contributed by atoms with Crippen LogP contribution in [-0.2, 0) is 10.5 Å². The number of nitrogens with zero attached hydrogens (tertiary/aromatic N) is 2. The number of aryl methyl sites for hydroxylation is 1. The molecule has 1 fully saturated rings. The SMILES string of the molecule is COc1cc(C)c(CSCC(=O)N2CCN(c3ccc(F)cc3)CC2)cc1OC. The molecule has 0 spiro atoms. The minimum Gasteiger partial charge on any atom is -0.493 e. The number of hydrogen-bond acceptors (Lipinski definition) is 5. The van der Waals surface area contributed by atoms with Crippen molar-refractivity contribution < 1.29 is 18.7 Å². The number of amides is 1. The number of piperazine rings is 1. The molecule has 1 amide bonds. The summed E-state index contributed by atoms with van der Waals surface area (Å²) in [4.78, 5) is 16.7. The van der Waals surface area contributed by atoms with Crippen LogP contribution in [0.3, 0.4) is 0 Å². The van der Waals surface area contributed by atoms with E-state index in [2.05, 4.69) is 4.90 Å². The lowest BCUT2D eigenvalue weighted by Gasteiger charge is -2.36. The van der Waals surface area contributed by atoms with E-state index < -0.39 is 0 Å². The smallest absolute Gasteiger partial charge is 0.232 e. The first kappa shape index (κ1) is 21.3. The Balaban J connectivity index is 1.48. The molecule has 0 radical (unpaired) electrons. The number of benzene rings is 2. The third-order valence-corrected chi connectivity index (χ3v) is 6.12. The molecular formula is C22H27FN2O3S. The fourth-order valence-electron chi connectivity index (χ4n) is 3.38. The molecule has 0 aromatic heterocycles. The molecule has 0 atom stereocenters. The van der Waals surface area contributed by atoms with Crippen molar-refractivity contribution in [1.82, 2.24) is 4.90 Å². The van der Waals surface area contributed by atoms with E-state index in [9.17, 15) is 9.18 Å². The summed E-state index contributed by atoms with van der Waals surface area (Å²) in [5.74, 6) is 2.54. The maximum absolute atomic E-state index is 13.1. The summed E-state index contributed by atoms with van der Waals surface area (Å²) in [6.45, 7) is 4.93. The molecule has 5 nitrogen and oxygen atoms in total. The first-order valence-corrected chi connectivity index (χ1v) is 10.7. The number of carbonyl (C=O) groups is 1. The van der Waals surface area contributed by atoms with Gasteiger partial charge in [-0.1, -0.05) is 0 Å². The van der Waals surface area contributed by atoms with E-state index in [1.807, 2.05) is 24.0 Å². The molecule has 0 N–H and O–H groups in total. The Morgan fingerprint density at radius 1 is 1.03 bits per heavy atom. The molecule has 2 aromatic carbocycles. The predicted molar refractivity (Wildman–Crippen MR) is 116 cm³/mol. The highest BCUT2D eigenvalue weighted by molar-refractivity contribution is 7.99. The molecule has 1 saturated heterocycles. The Labute approximate surface area is 175 Å². The lowest BCUT2D eigenvalue weighted by molar-refractivity contribution is -0.128. The lowest BCUT2D eigenvalue weighted by atomic mass is 10.1. The Bertz CT molecular complexity index is 837. The first-order chi connectivity index (χ1) is 14.0. The van der Waals surface area contributed by atoms with Crippen LogP contribution in [0.5, 0.6) is 11.5 Å². The van der Waals surface area contributed by atoms with Crippen LogP contribution in [0, 0.1) is 12.7 Å². The molecule has 1 heterocycles. The highest BCUT2D eigenvalue weighted by Crippen LogP contribution is 2.32. The number of methoxy groups -OCH3 is 2. The Hall–Kier alpha value is -2.41. The standard InChI is InChI=1S/C22H27FN2O3S/c1-16-12-20(27-2)21(28-3)13-17(16)14-29-15-22(26)25-10-8-24(9-11-25)19-6-4-18(23)5-7-19/h4-7,12-13H,8-11,14-15H2,1-3H3. The van der Waals surface area contributed by atoms with Crippen molar-refractivity contribution in [3.05, 3.63) is 53.3 Å². The summed E-state index contributed by atoms with van der Waals surface area (Å²) in [5, 5.41) is 0. The third-order valence-electron chi connectivity index (χ3n) is 5.15. The van der Waals surface area contributed by atoms with Gasteiger partial charge in [0.15, 0.2) is 11.5 Å². The zero-order valence-corrected chi connectivity index (χ0v) is 17.9. The van der Waals surface area contributed by atoms with Crippen LogP contribution in [0.25, 0.3) is 0 Å². The van der Waals surface area contributed by atoms with Gasteiger partial charge in [0.1, 0.15) is 5.82 Å². The summed E-state index contributed by atoms with van der Waals surface area (Å²) in [6, 6.07) is 10.5. The molecule has 0 saturated carbocycles. The van der Waals surface area contributed by atoms with Crippen molar-refractivity contribution in [2.45, 2.75) is 12.7 Å². The normalized spacial score (nSPS) is 14.1. The van der Waals surface area contributed by atoms with Gasteiger partial charge in [0.25, 0.3) is 0 Å². The van der Waals surface area contributed by atoms with Gasteiger partial charge >= 0.3 is 0 Å². The molecule has 2 aromatic rings. The van der Waals surface area contributed by atoms with Crippen molar-refractivity contribution in [3.8, 4) is 11.5 Å². The Morgan fingerprint density at radius 3 is 2.28 bits per heavy atom. The van der Waals surface area contributed by atoms with Gasteiger partial charge in [-0.25, -0.2) is 4.39 Å². The second-order valence-electron chi connectivity index (χ2n) is 6.97. The lowest BCUT2D eigenvalue weighted by Crippen LogP contribution is -2.49. The molecule has 0 bridgehead atoms. The summed E-state index contributed by atoms with van der Waals surface area (Å²) in [7, 11) is 3.25. The van der Waals surface area contributed by atoms with Gasteiger partial charge in [0.05, 0.1) is 20.0 Å². The summed E-state index contributed by atoms with van der Waals surface area (Å²) in [5.41, 5.74) is 3.26. The van der Waals surface area contributed by atoms with Crippen molar-refractivity contribution >= 4 is 23.4 Å². The van der Waals surface area contributed by atoms with E-state index in [-0.39, 0.29) is 11.7 Å². The van der Waals surface area contributed by atoms with E-state index in [1.54, 1.807) is 38.1 Å². The van der Waals surface area contributed by atoms with Gasteiger partial charge in [0.2, 0.25) is 5.91 Å². The number of rotatable bonds is 7. The fourth-order valence-corrected chi connectivity index (χ4v) is 4.37. The number of ether oxygens (including phenoxy) is 2. The van der Waals surface area contributed by atoms with E-state index in [1.165, 1.54) is 12.1 Å². The highest BCUT2D eigenvalue weighted by atomic mass is 32.2. The fraction of sp³-hybridized carbons (Fsp3) is 0.409. The van der Waals surface area contributed by atoms with E-state index in [0.717, 1.165) is 35.7 Å². The minimum absolute atomic E-state index is 0.159. The van der Waals surface area contributed by atoms with Gasteiger partial charge in [-0.2, -0.15) is 0 Å². The maximum Gasteiger partial charge on any atom is 0.232 e. The molecule has 0 aliphatic carbocycles. The van der Waals surface area contributed by atoms with Crippen molar-refractivity contribution in [3.63, 3.8) is 0 Å². The van der Waals surface area contributed by atoms with Crippen LogP contribution in [0.4, 0.5) is 10.1 Å². The number of carbonyl (C=O) groups excluding carboxylic acids is 1. The van der Waals surface area contributed by atoms with Crippen molar-refractivity contribution in [1.29, 1.82) is 0 Å². The second-order valence-corrected chi connectivity index (χ2v) is 7.96. The first-order valence-electron chi connectivity index (χ1n) is 9.59. The zero-order valence-electron chi connectivity index (χ0n) is 17.1. The van der Waals surface area contributed by atoms with Gasteiger partial charge in [-0.05, 0) is 54.4 Å². The van der Waals surface area contributed by atoms with Gasteiger partial charge in [0, 0.05) is 37.6 Å². The number of thioether (sulfide) groups is 1. The molecule has 7 heteroatoms. The zero-order chi connectivity index (χ0) is 20.8. The summed E-state index contributed by atoms with van der Waals surface area (Å²) >= 11 is 1.61. The van der Waals surface area contributed by atoms with Gasteiger partial charge < -0.3 is 19.3 Å². The van der Waals surface area contributed by atoms with Crippen molar-refractivity contribution in [2.75, 3.05) is 51.1 Å². The van der Waals surface area contributed by atoms with E-state index >= 15 is 0 Å². The molecule has 0 unspecified atom stereocenters. The second kappa shape index (κ2) is 9.87. The van der Waals surface area contributed by atoms with Crippen LogP contribution in [0.1, 0.15) is 11.1 Å². The highest BCUT2D eigenvalue weighted by Gasteiger charge is 2.21. The maximum atomic E-state index is 13.1. The molecule has 3 rings (SSSR count). The minimum atomic E-state index is -0.232. The monoisotopic (exact) mass is 418 g/mol. The van der Waals surface area contributed by atoms with Gasteiger partial charge in [-0.15, -0.1) is 11.8 Å².